The maximum Gasteiger partial charge on any atom is 0.251 e. The molecule has 1 saturated heterocycles. The Bertz CT molecular complexity index is 1040. The Labute approximate surface area is 171 Å². The van der Waals surface area contributed by atoms with Gasteiger partial charge in [0, 0.05) is 43.0 Å². The molecule has 1 aromatic carbocycles. The van der Waals surface area contributed by atoms with Crippen LogP contribution in [0.1, 0.15) is 43.2 Å². The van der Waals surface area contributed by atoms with Crippen LogP contribution in [0.15, 0.2) is 29.1 Å². The van der Waals surface area contributed by atoms with Crippen molar-refractivity contribution in [1.82, 2.24) is 14.8 Å². The topological polar surface area (TPSA) is 54.3 Å². The molecule has 1 aromatic heterocycles. The van der Waals surface area contributed by atoms with Crippen molar-refractivity contribution in [3.05, 3.63) is 45.7 Å². The van der Waals surface area contributed by atoms with E-state index in [0.29, 0.717) is 17.9 Å². The van der Waals surface area contributed by atoms with Gasteiger partial charge in [-0.3, -0.25) is 14.5 Å². The van der Waals surface area contributed by atoms with Gasteiger partial charge in [-0.15, -0.1) is 0 Å². The van der Waals surface area contributed by atoms with Crippen molar-refractivity contribution in [3.8, 4) is 0 Å². The maximum absolute atomic E-state index is 12.8. The van der Waals surface area contributed by atoms with Gasteiger partial charge in [-0.25, -0.2) is 0 Å². The second kappa shape index (κ2) is 6.69. The summed E-state index contributed by atoms with van der Waals surface area (Å²) in [6.07, 6.45) is 6.66. The summed E-state index contributed by atoms with van der Waals surface area (Å²) in [6, 6.07) is 8.80. The number of aromatic nitrogens is 1. The van der Waals surface area contributed by atoms with Gasteiger partial charge in [0.2, 0.25) is 5.91 Å². The second-order valence-corrected chi connectivity index (χ2v) is 9.65. The number of aryl methyl sites for hydroxylation is 2. The average molecular weight is 392 g/mol. The van der Waals surface area contributed by atoms with Crippen molar-refractivity contribution in [1.29, 1.82) is 0 Å². The number of para-hydroxylation sites is 1. The van der Waals surface area contributed by atoms with Crippen LogP contribution in [0.2, 0.25) is 0 Å². The van der Waals surface area contributed by atoms with E-state index in [9.17, 15) is 9.59 Å². The van der Waals surface area contributed by atoms with Crippen LogP contribution in [0, 0.1) is 17.8 Å². The zero-order valence-corrected chi connectivity index (χ0v) is 16.9. The van der Waals surface area contributed by atoms with Crippen LogP contribution in [0.5, 0.6) is 0 Å². The largest absolute Gasteiger partial charge is 0.353 e. The van der Waals surface area contributed by atoms with Gasteiger partial charge in [0.15, 0.2) is 0 Å². The Morgan fingerprint density at radius 2 is 2.07 bits per heavy atom. The van der Waals surface area contributed by atoms with E-state index in [0.717, 1.165) is 69.4 Å². The molecule has 4 aliphatic rings. The predicted octanol–water partition coefficient (Wildman–Crippen LogP) is 2.68. The van der Waals surface area contributed by atoms with Gasteiger partial charge < -0.3 is 9.88 Å². The minimum absolute atomic E-state index is 0.139. The summed E-state index contributed by atoms with van der Waals surface area (Å²) in [7, 11) is 0. The monoisotopic (exact) mass is 391 g/mol. The number of rotatable bonds is 4. The summed E-state index contributed by atoms with van der Waals surface area (Å²) in [5, 5.41) is 4.45. The van der Waals surface area contributed by atoms with E-state index in [-0.39, 0.29) is 17.4 Å². The standard InChI is InChI=1S/C24H29N3O2/c28-22-12-17(19-5-1-3-15-4-2-9-27(22)23(15)19)13-26-10-8-16-11-20(21(16)14-26)24(29)25-18-6-7-18/h1,3,5,12,16,18,20-21H,2,4,6-11,13-14H2,(H,25,29)/t16-,20-,21-/m1/s1. The fourth-order valence-corrected chi connectivity index (χ4v) is 5.94. The molecule has 0 radical (unpaired) electrons. The summed E-state index contributed by atoms with van der Waals surface area (Å²) in [5.74, 6) is 1.69. The molecule has 1 amide bonds. The Hall–Kier alpha value is -2.14. The normalized spacial score (nSPS) is 28.6. The van der Waals surface area contributed by atoms with Crippen LogP contribution in [0.3, 0.4) is 0 Å². The summed E-state index contributed by atoms with van der Waals surface area (Å²) in [5.41, 5.74) is 3.75. The molecule has 5 heteroatoms. The Kier molecular flexibility index (Phi) is 4.09. The van der Waals surface area contributed by atoms with Crippen molar-refractivity contribution in [2.75, 3.05) is 13.1 Å². The number of hydrogen-bond donors (Lipinski definition) is 1. The highest BCUT2D eigenvalue weighted by Crippen LogP contribution is 2.46. The van der Waals surface area contributed by atoms with Crippen LogP contribution in [-0.2, 0) is 24.3 Å². The van der Waals surface area contributed by atoms with Gasteiger partial charge in [-0.2, -0.15) is 0 Å². The summed E-state index contributed by atoms with van der Waals surface area (Å²) >= 11 is 0. The number of likely N-dealkylation sites (tertiary alicyclic amines) is 1. The maximum atomic E-state index is 12.8. The van der Waals surface area contributed by atoms with Crippen molar-refractivity contribution in [2.24, 2.45) is 17.8 Å². The van der Waals surface area contributed by atoms with Crippen LogP contribution >= 0.6 is 0 Å². The third-order valence-electron chi connectivity index (χ3n) is 7.75. The summed E-state index contributed by atoms with van der Waals surface area (Å²) in [6.45, 7) is 3.70. The first kappa shape index (κ1) is 17.7. The van der Waals surface area contributed by atoms with Gasteiger partial charge >= 0.3 is 0 Å². The van der Waals surface area contributed by atoms with Crippen molar-refractivity contribution < 1.29 is 4.79 Å². The third-order valence-corrected chi connectivity index (χ3v) is 7.75. The molecule has 2 saturated carbocycles. The number of fused-ring (bicyclic) bond motifs is 1. The van der Waals surface area contributed by atoms with Gasteiger partial charge in [0.1, 0.15) is 0 Å². The number of benzene rings is 1. The molecule has 5 nitrogen and oxygen atoms in total. The van der Waals surface area contributed by atoms with Crippen molar-refractivity contribution in [3.63, 3.8) is 0 Å². The molecule has 29 heavy (non-hydrogen) atoms. The van der Waals surface area contributed by atoms with E-state index >= 15 is 0 Å². The minimum Gasteiger partial charge on any atom is -0.353 e. The highest BCUT2D eigenvalue weighted by atomic mass is 16.2. The van der Waals surface area contributed by atoms with Crippen LogP contribution < -0.4 is 10.9 Å². The first-order valence-electron chi connectivity index (χ1n) is 11.3. The summed E-state index contributed by atoms with van der Waals surface area (Å²) < 4.78 is 1.97. The highest BCUT2D eigenvalue weighted by Gasteiger charge is 2.48. The first-order chi connectivity index (χ1) is 14.2. The zero-order chi connectivity index (χ0) is 19.5. The fraction of sp³-hybridized carbons (Fsp3) is 0.583. The number of nitrogens with zero attached hydrogens (tertiary/aromatic N) is 2. The molecule has 0 bridgehead atoms. The lowest BCUT2D eigenvalue weighted by atomic mass is 9.61. The molecule has 2 aliphatic carbocycles. The lowest BCUT2D eigenvalue weighted by molar-refractivity contribution is -0.137. The van der Waals surface area contributed by atoms with E-state index in [1.54, 1.807) is 0 Å². The Balaban J connectivity index is 1.24. The number of amides is 1. The molecule has 2 aromatic rings. The van der Waals surface area contributed by atoms with E-state index in [2.05, 4.69) is 28.4 Å². The van der Waals surface area contributed by atoms with E-state index < -0.39 is 0 Å². The van der Waals surface area contributed by atoms with E-state index in [4.69, 9.17) is 0 Å². The third kappa shape index (κ3) is 3.02. The number of pyridine rings is 1. The molecular formula is C24H29N3O2. The number of piperidine rings is 1. The highest BCUT2D eigenvalue weighted by molar-refractivity contribution is 5.86. The average Bonchev–Trinajstić information content (AvgIpc) is 3.51. The Morgan fingerprint density at radius 1 is 1.17 bits per heavy atom. The van der Waals surface area contributed by atoms with Gasteiger partial charge in [0.25, 0.3) is 5.56 Å². The molecule has 0 unspecified atom stereocenters. The smallest absolute Gasteiger partial charge is 0.251 e. The SMILES string of the molecule is O=C(NC1CC1)[C@@H]1C[C@H]2CCN(Cc3cc(=O)n4c5c(cccc35)CCC4)C[C@H]21. The van der Waals surface area contributed by atoms with Gasteiger partial charge in [-0.05, 0) is 68.0 Å². The second-order valence-electron chi connectivity index (χ2n) is 9.65. The van der Waals surface area contributed by atoms with Gasteiger partial charge in [-0.1, -0.05) is 18.2 Å². The van der Waals surface area contributed by atoms with E-state index in [1.165, 1.54) is 17.4 Å². The number of carbonyl (C=O) groups is 1. The number of hydrogen-bond acceptors (Lipinski definition) is 3. The van der Waals surface area contributed by atoms with Crippen LogP contribution in [0.25, 0.3) is 10.9 Å². The quantitative estimate of drug-likeness (QED) is 0.872. The van der Waals surface area contributed by atoms with Gasteiger partial charge in [0.05, 0.1) is 5.52 Å². The lowest BCUT2D eigenvalue weighted by Gasteiger charge is -2.50. The zero-order valence-electron chi connectivity index (χ0n) is 16.9. The molecule has 3 heterocycles. The molecule has 152 valence electrons. The summed E-state index contributed by atoms with van der Waals surface area (Å²) in [4.78, 5) is 27.8. The number of nitrogens with one attached hydrogen (secondary N) is 1. The molecule has 6 rings (SSSR count). The molecular weight excluding hydrogens is 362 g/mol. The first-order valence-corrected chi connectivity index (χ1v) is 11.3. The molecule has 1 N–H and O–H groups in total. The fourth-order valence-electron chi connectivity index (χ4n) is 5.94. The predicted molar refractivity (Wildman–Crippen MR) is 113 cm³/mol. The molecule has 0 spiro atoms. The van der Waals surface area contributed by atoms with Crippen molar-refractivity contribution in [2.45, 2.75) is 57.7 Å². The minimum atomic E-state index is 0.139. The van der Waals surface area contributed by atoms with Crippen LogP contribution in [0.4, 0.5) is 0 Å². The molecule has 3 atom stereocenters. The lowest BCUT2D eigenvalue weighted by Crippen LogP contribution is -2.55. The number of carbonyl (C=O) groups excluding carboxylic acids is 1. The Morgan fingerprint density at radius 3 is 2.93 bits per heavy atom. The molecule has 2 aliphatic heterocycles. The van der Waals surface area contributed by atoms with Crippen molar-refractivity contribution >= 4 is 16.8 Å². The van der Waals surface area contributed by atoms with E-state index in [1.807, 2.05) is 10.6 Å². The van der Waals surface area contributed by atoms with Crippen LogP contribution in [-0.4, -0.2) is 34.5 Å². The molecule has 3 fully saturated rings.